The number of anilines is 2. The number of nitrogens with zero attached hydrogens (tertiary/aromatic N) is 1. The van der Waals surface area contributed by atoms with Crippen LogP contribution in [0.2, 0.25) is 0 Å². The molecule has 0 unspecified atom stereocenters. The number of ether oxygens (including phenoxy) is 1. The summed E-state index contributed by atoms with van der Waals surface area (Å²) in [6.45, 7) is 0. The third-order valence-electron chi connectivity index (χ3n) is 5.18. The minimum Gasteiger partial charge on any atom is -0.457 e. The summed E-state index contributed by atoms with van der Waals surface area (Å²) >= 11 is 0. The van der Waals surface area contributed by atoms with E-state index in [2.05, 4.69) is 18.2 Å². The fraction of sp³-hybridized carbons (Fsp3) is 0. The molecule has 0 fully saturated rings. The van der Waals surface area contributed by atoms with Gasteiger partial charge < -0.3 is 16.2 Å². The first-order chi connectivity index (χ1) is 15.2. The number of fused-ring (bicyclic) bond motifs is 1. The lowest BCUT2D eigenvalue weighted by Gasteiger charge is -2.12. The van der Waals surface area contributed by atoms with Crippen molar-refractivity contribution in [2.45, 2.75) is 0 Å². The van der Waals surface area contributed by atoms with Gasteiger partial charge in [0.05, 0.1) is 11.2 Å². The molecule has 0 saturated carbocycles. The molecule has 0 amide bonds. The number of hydrogen-bond acceptors (Lipinski definition) is 4. The Hall–Kier alpha value is -4.31. The molecule has 4 N–H and O–H groups in total. The van der Waals surface area contributed by atoms with Gasteiger partial charge in [-0.1, -0.05) is 30.3 Å². The number of rotatable bonds is 4. The molecule has 0 radical (unpaired) electrons. The van der Waals surface area contributed by atoms with Crippen LogP contribution in [0.1, 0.15) is 0 Å². The highest BCUT2D eigenvalue weighted by molar-refractivity contribution is 5.98. The molecule has 0 aliphatic rings. The molecule has 4 nitrogen and oxygen atoms in total. The van der Waals surface area contributed by atoms with Gasteiger partial charge >= 0.3 is 0 Å². The van der Waals surface area contributed by atoms with Crippen molar-refractivity contribution in [3.8, 4) is 33.9 Å². The second kappa shape index (κ2) is 7.84. The third kappa shape index (κ3) is 3.91. The predicted octanol–water partition coefficient (Wildman–Crippen LogP) is 6.53. The van der Waals surface area contributed by atoms with E-state index >= 15 is 0 Å². The minimum atomic E-state index is 0.709. The lowest BCUT2D eigenvalue weighted by Crippen LogP contribution is -1.92. The van der Waals surface area contributed by atoms with Crippen LogP contribution in [0.25, 0.3) is 33.3 Å². The Balaban J connectivity index is 1.54. The van der Waals surface area contributed by atoms with Gasteiger partial charge in [0.25, 0.3) is 0 Å². The molecule has 5 rings (SSSR count). The van der Waals surface area contributed by atoms with E-state index in [0.717, 1.165) is 50.5 Å². The van der Waals surface area contributed by atoms with Crippen LogP contribution in [0, 0.1) is 0 Å². The number of aromatic nitrogens is 1. The van der Waals surface area contributed by atoms with Crippen molar-refractivity contribution in [1.82, 2.24) is 4.98 Å². The first-order valence-corrected chi connectivity index (χ1v) is 10.1. The average Bonchev–Trinajstić information content (AvgIpc) is 2.81. The molecule has 4 heteroatoms. The first-order valence-electron chi connectivity index (χ1n) is 10.1. The van der Waals surface area contributed by atoms with E-state index < -0.39 is 0 Å². The van der Waals surface area contributed by atoms with Crippen LogP contribution in [0.4, 0.5) is 11.4 Å². The van der Waals surface area contributed by atoms with Crippen molar-refractivity contribution in [2.75, 3.05) is 11.5 Å². The summed E-state index contributed by atoms with van der Waals surface area (Å²) in [7, 11) is 0. The quantitative estimate of drug-likeness (QED) is 0.335. The van der Waals surface area contributed by atoms with Gasteiger partial charge in [-0.3, -0.25) is 0 Å². The summed E-state index contributed by atoms with van der Waals surface area (Å²) in [5, 5.41) is 1.04. The molecule has 0 aliphatic carbocycles. The number of pyridine rings is 1. The van der Waals surface area contributed by atoms with E-state index in [0.29, 0.717) is 5.69 Å². The second-order valence-electron chi connectivity index (χ2n) is 7.39. The molecule has 150 valence electrons. The normalized spacial score (nSPS) is 10.8. The molecule has 1 heterocycles. The number of benzene rings is 4. The van der Waals surface area contributed by atoms with E-state index in [4.69, 9.17) is 21.2 Å². The summed E-state index contributed by atoms with van der Waals surface area (Å²) in [5.41, 5.74) is 18.3. The van der Waals surface area contributed by atoms with Crippen molar-refractivity contribution >= 4 is 22.3 Å². The van der Waals surface area contributed by atoms with Crippen molar-refractivity contribution in [2.24, 2.45) is 0 Å². The fourth-order valence-electron chi connectivity index (χ4n) is 3.61. The smallest absolute Gasteiger partial charge is 0.127 e. The summed E-state index contributed by atoms with van der Waals surface area (Å²) in [6.07, 6.45) is 0. The molecule has 0 atom stereocenters. The Morgan fingerprint density at radius 2 is 1.23 bits per heavy atom. The van der Waals surface area contributed by atoms with Gasteiger partial charge in [0, 0.05) is 22.3 Å². The molecule has 0 aliphatic heterocycles. The molecule has 0 bridgehead atoms. The van der Waals surface area contributed by atoms with Gasteiger partial charge in [0.2, 0.25) is 0 Å². The Kier molecular flexibility index (Phi) is 4.73. The van der Waals surface area contributed by atoms with Crippen molar-refractivity contribution in [3.05, 3.63) is 103 Å². The zero-order valence-electron chi connectivity index (χ0n) is 16.8. The zero-order chi connectivity index (χ0) is 21.2. The Bertz CT molecular complexity index is 1350. The third-order valence-corrected chi connectivity index (χ3v) is 5.18. The molecule has 1 aromatic heterocycles. The zero-order valence-corrected chi connectivity index (χ0v) is 16.8. The topological polar surface area (TPSA) is 74.2 Å². The van der Waals surface area contributed by atoms with Gasteiger partial charge in [0.15, 0.2) is 0 Å². The number of nitrogen functional groups attached to an aromatic ring is 2. The highest BCUT2D eigenvalue weighted by atomic mass is 16.5. The van der Waals surface area contributed by atoms with E-state index in [1.165, 1.54) is 0 Å². The molecule has 5 aromatic rings. The van der Waals surface area contributed by atoms with E-state index in [1.54, 1.807) is 0 Å². The highest BCUT2D eigenvalue weighted by Crippen LogP contribution is 2.34. The average molecular weight is 403 g/mol. The lowest BCUT2D eigenvalue weighted by atomic mass is 9.98. The number of nitrogens with two attached hydrogens (primary N) is 2. The van der Waals surface area contributed by atoms with Gasteiger partial charge in [-0.15, -0.1) is 0 Å². The van der Waals surface area contributed by atoms with Gasteiger partial charge in [-0.2, -0.15) is 0 Å². The standard InChI is InChI=1S/C27H21N3O/c28-20-8-13-23(14-9-20)31-22-11-6-19(7-12-22)27-17-24(18-4-2-1-3-5-18)25-16-21(29)10-15-26(25)30-27/h1-17H,28-29H2. The van der Waals surface area contributed by atoms with Crippen LogP contribution in [0.15, 0.2) is 103 Å². The first kappa shape index (κ1) is 18.7. The van der Waals surface area contributed by atoms with Crippen LogP contribution in [-0.2, 0) is 0 Å². The Labute approximate surface area is 180 Å². The van der Waals surface area contributed by atoms with E-state index in [1.807, 2.05) is 84.9 Å². The summed E-state index contributed by atoms with van der Waals surface area (Å²) in [4.78, 5) is 4.89. The van der Waals surface area contributed by atoms with E-state index in [-0.39, 0.29) is 0 Å². The van der Waals surface area contributed by atoms with Crippen molar-refractivity contribution in [3.63, 3.8) is 0 Å². The van der Waals surface area contributed by atoms with Crippen molar-refractivity contribution in [1.29, 1.82) is 0 Å². The Morgan fingerprint density at radius 1 is 0.581 bits per heavy atom. The SMILES string of the molecule is Nc1ccc(Oc2ccc(-c3cc(-c4ccccc4)c4cc(N)ccc4n3)cc2)cc1. The monoisotopic (exact) mass is 403 g/mol. The van der Waals surface area contributed by atoms with Gasteiger partial charge in [0.1, 0.15) is 11.5 Å². The maximum atomic E-state index is 6.06. The maximum Gasteiger partial charge on any atom is 0.127 e. The summed E-state index contributed by atoms with van der Waals surface area (Å²) < 4.78 is 5.91. The highest BCUT2D eigenvalue weighted by Gasteiger charge is 2.10. The maximum absolute atomic E-state index is 6.06. The van der Waals surface area contributed by atoms with Gasteiger partial charge in [-0.05, 0) is 83.9 Å². The molecule has 31 heavy (non-hydrogen) atoms. The van der Waals surface area contributed by atoms with Crippen LogP contribution >= 0.6 is 0 Å². The molecule has 4 aromatic carbocycles. The largest absolute Gasteiger partial charge is 0.457 e. The number of hydrogen-bond donors (Lipinski definition) is 2. The van der Waals surface area contributed by atoms with E-state index in [9.17, 15) is 0 Å². The fourth-order valence-corrected chi connectivity index (χ4v) is 3.61. The molecular weight excluding hydrogens is 382 g/mol. The van der Waals surface area contributed by atoms with Crippen LogP contribution in [-0.4, -0.2) is 4.98 Å². The minimum absolute atomic E-state index is 0.709. The molecular formula is C27H21N3O. The Morgan fingerprint density at radius 3 is 1.94 bits per heavy atom. The summed E-state index contributed by atoms with van der Waals surface area (Å²) in [5.74, 6) is 1.50. The lowest BCUT2D eigenvalue weighted by molar-refractivity contribution is 0.483. The van der Waals surface area contributed by atoms with Crippen LogP contribution < -0.4 is 16.2 Å². The second-order valence-corrected chi connectivity index (χ2v) is 7.39. The predicted molar refractivity (Wildman–Crippen MR) is 128 cm³/mol. The van der Waals surface area contributed by atoms with Gasteiger partial charge in [-0.25, -0.2) is 4.98 Å². The molecule has 0 saturated heterocycles. The van der Waals surface area contributed by atoms with Crippen LogP contribution in [0.3, 0.4) is 0 Å². The molecule has 0 spiro atoms. The van der Waals surface area contributed by atoms with Crippen molar-refractivity contribution < 1.29 is 4.74 Å². The van der Waals surface area contributed by atoms with Crippen LogP contribution in [0.5, 0.6) is 11.5 Å². The summed E-state index contributed by atoms with van der Waals surface area (Å²) in [6, 6.07) is 33.5.